The Balaban J connectivity index is 1.98. The average molecular weight is 383 g/mol. The number of aryl methyl sites for hydroxylation is 1. The van der Waals surface area contributed by atoms with Gasteiger partial charge >= 0.3 is 0 Å². The van der Waals surface area contributed by atoms with E-state index in [-0.39, 0.29) is 5.41 Å². The van der Waals surface area contributed by atoms with Gasteiger partial charge in [-0.05, 0) is 53.3 Å². The second-order valence-corrected chi connectivity index (χ2v) is 9.17. The van der Waals surface area contributed by atoms with Crippen LogP contribution in [0, 0.1) is 18.3 Å². The fraction of sp³-hybridized carbons (Fsp3) is 0.200. The van der Waals surface area contributed by atoms with Gasteiger partial charge in [-0.1, -0.05) is 57.2 Å². The van der Waals surface area contributed by atoms with Crippen LogP contribution < -0.4 is 0 Å². The molecule has 138 valence electrons. The molecule has 0 saturated heterocycles. The normalized spacial score (nSPS) is 11.5. The maximum absolute atomic E-state index is 9.12. The van der Waals surface area contributed by atoms with Crippen LogP contribution in [0.4, 0.5) is 0 Å². The molecule has 1 heterocycles. The average Bonchev–Trinajstić information content (AvgIpc) is 3.11. The van der Waals surface area contributed by atoms with E-state index < -0.39 is 0 Å². The quantitative estimate of drug-likeness (QED) is 0.370. The molecule has 0 aliphatic heterocycles. The first-order valence-corrected chi connectivity index (χ1v) is 10.2. The van der Waals surface area contributed by atoms with Crippen LogP contribution in [0.2, 0.25) is 0 Å². The van der Waals surface area contributed by atoms with E-state index in [1.165, 1.54) is 21.4 Å². The highest BCUT2D eigenvalue weighted by Crippen LogP contribution is 2.40. The minimum atomic E-state index is 0.0440. The third-order valence-electron chi connectivity index (χ3n) is 5.06. The van der Waals surface area contributed by atoms with Crippen LogP contribution in [-0.4, -0.2) is 4.98 Å². The summed E-state index contributed by atoms with van der Waals surface area (Å²) in [6, 6.07) is 22.9. The molecule has 0 spiro atoms. The summed E-state index contributed by atoms with van der Waals surface area (Å²) in [5.41, 5.74) is 7.68. The van der Waals surface area contributed by atoms with Crippen molar-refractivity contribution < 1.29 is 0 Å². The number of nitrogens with zero attached hydrogens (tertiary/aromatic N) is 2. The molecule has 3 heteroatoms. The predicted octanol–water partition coefficient (Wildman–Crippen LogP) is 7.11. The van der Waals surface area contributed by atoms with Crippen molar-refractivity contribution in [2.24, 2.45) is 0 Å². The minimum absolute atomic E-state index is 0.0440. The Morgan fingerprint density at radius 1 is 0.929 bits per heavy atom. The van der Waals surface area contributed by atoms with Crippen molar-refractivity contribution in [3.8, 4) is 27.8 Å². The molecule has 0 aliphatic rings. The SMILES string of the molecule is Cc1ccccc1-c1nc2c(-c3ccc(C#N)cc3)cc(C(C)(C)C)cc2s1. The van der Waals surface area contributed by atoms with E-state index in [0.717, 1.165) is 21.7 Å². The van der Waals surface area contributed by atoms with Gasteiger partial charge in [-0.2, -0.15) is 5.26 Å². The summed E-state index contributed by atoms with van der Waals surface area (Å²) < 4.78 is 1.20. The van der Waals surface area contributed by atoms with Crippen LogP contribution in [0.5, 0.6) is 0 Å². The maximum atomic E-state index is 9.12. The smallest absolute Gasteiger partial charge is 0.124 e. The highest BCUT2D eigenvalue weighted by atomic mass is 32.1. The molecule has 0 amide bonds. The largest absolute Gasteiger partial charge is 0.235 e. The third kappa shape index (κ3) is 3.32. The van der Waals surface area contributed by atoms with Crippen molar-refractivity contribution in [3.63, 3.8) is 0 Å². The standard InChI is InChI=1S/C25H22N2S/c1-16-7-5-6-8-20(16)24-27-23-21(18-11-9-17(15-26)10-12-18)13-19(25(2,3)4)14-22(23)28-24/h5-14H,1-4H3. The molecule has 1 aromatic heterocycles. The Hall–Kier alpha value is -2.96. The summed E-state index contributed by atoms with van der Waals surface area (Å²) in [4.78, 5) is 5.04. The first-order chi connectivity index (χ1) is 13.4. The molecule has 0 aliphatic carbocycles. The van der Waals surface area contributed by atoms with Crippen LogP contribution in [0.1, 0.15) is 37.5 Å². The number of hydrogen-bond donors (Lipinski definition) is 0. The topological polar surface area (TPSA) is 36.7 Å². The first kappa shape index (κ1) is 18.4. The van der Waals surface area contributed by atoms with Gasteiger partial charge in [0.15, 0.2) is 0 Å². The van der Waals surface area contributed by atoms with E-state index in [9.17, 15) is 0 Å². The zero-order chi connectivity index (χ0) is 19.9. The van der Waals surface area contributed by atoms with Crippen molar-refractivity contribution in [3.05, 3.63) is 77.4 Å². The van der Waals surface area contributed by atoms with Crippen molar-refractivity contribution in [1.29, 1.82) is 5.26 Å². The number of nitriles is 1. The number of thiazole rings is 1. The zero-order valence-corrected chi connectivity index (χ0v) is 17.4. The highest BCUT2D eigenvalue weighted by Gasteiger charge is 2.20. The van der Waals surface area contributed by atoms with Crippen molar-refractivity contribution >= 4 is 21.6 Å². The van der Waals surface area contributed by atoms with Gasteiger partial charge in [-0.3, -0.25) is 0 Å². The van der Waals surface area contributed by atoms with Crippen LogP contribution in [0.3, 0.4) is 0 Å². The molecule has 28 heavy (non-hydrogen) atoms. The molecule has 4 rings (SSSR count). The van der Waals surface area contributed by atoms with Gasteiger partial charge < -0.3 is 0 Å². The van der Waals surface area contributed by atoms with Crippen LogP contribution in [-0.2, 0) is 5.41 Å². The van der Waals surface area contributed by atoms with Crippen LogP contribution in [0.25, 0.3) is 31.9 Å². The van der Waals surface area contributed by atoms with E-state index in [0.29, 0.717) is 5.56 Å². The molecule has 0 unspecified atom stereocenters. The summed E-state index contributed by atoms with van der Waals surface area (Å²) in [6.07, 6.45) is 0. The molecule has 0 fully saturated rings. The minimum Gasteiger partial charge on any atom is -0.235 e. The van der Waals surface area contributed by atoms with Crippen LogP contribution in [0.15, 0.2) is 60.7 Å². The number of benzene rings is 3. The highest BCUT2D eigenvalue weighted by molar-refractivity contribution is 7.21. The molecule has 0 atom stereocenters. The Morgan fingerprint density at radius 2 is 1.64 bits per heavy atom. The molecule has 0 bridgehead atoms. The molecular formula is C25H22N2S. The zero-order valence-electron chi connectivity index (χ0n) is 16.6. The lowest BCUT2D eigenvalue weighted by Gasteiger charge is -2.20. The van der Waals surface area contributed by atoms with Gasteiger partial charge in [0.1, 0.15) is 5.01 Å². The van der Waals surface area contributed by atoms with E-state index >= 15 is 0 Å². The summed E-state index contributed by atoms with van der Waals surface area (Å²) in [5.74, 6) is 0. The molecule has 3 aromatic carbocycles. The molecular weight excluding hydrogens is 360 g/mol. The Bertz CT molecular complexity index is 1200. The molecule has 0 N–H and O–H groups in total. The van der Waals surface area contributed by atoms with Gasteiger partial charge in [0.25, 0.3) is 0 Å². The third-order valence-corrected chi connectivity index (χ3v) is 6.10. The van der Waals surface area contributed by atoms with E-state index in [1.807, 2.05) is 24.3 Å². The Kier molecular flexibility index (Phi) is 4.53. The lowest BCUT2D eigenvalue weighted by atomic mass is 9.85. The van der Waals surface area contributed by atoms with Crippen molar-refractivity contribution in [2.75, 3.05) is 0 Å². The summed E-state index contributed by atoms with van der Waals surface area (Å²) in [6.45, 7) is 8.84. The van der Waals surface area contributed by atoms with Gasteiger partial charge in [0, 0.05) is 11.1 Å². The molecule has 0 radical (unpaired) electrons. The fourth-order valence-electron chi connectivity index (χ4n) is 3.33. The van der Waals surface area contributed by atoms with E-state index in [2.05, 4.69) is 70.2 Å². The van der Waals surface area contributed by atoms with Gasteiger partial charge in [0.05, 0.1) is 21.8 Å². The second-order valence-electron chi connectivity index (χ2n) is 8.14. The number of rotatable bonds is 2. The van der Waals surface area contributed by atoms with Crippen molar-refractivity contribution in [1.82, 2.24) is 4.98 Å². The number of aromatic nitrogens is 1. The van der Waals surface area contributed by atoms with Crippen LogP contribution >= 0.6 is 11.3 Å². The summed E-state index contributed by atoms with van der Waals surface area (Å²) >= 11 is 1.75. The first-order valence-electron chi connectivity index (χ1n) is 9.38. The predicted molar refractivity (Wildman–Crippen MR) is 119 cm³/mol. The fourth-order valence-corrected chi connectivity index (χ4v) is 4.46. The van der Waals surface area contributed by atoms with E-state index in [1.54, 1.807) is 11.3 Å². The second kappa shape index (κ2) is 6.89. The molecule has 2 nitrogen and oxygen atoms in total. The lowest BCUT2D eigenvalue weighted by Crippen LogP contribution is -2.11. The van der Waals surface area contributed by atoms with Gasteiger partial charge in [-0.25, -0.2) is 4.98 Å². The Labute approximate surface area is 170 Å². The van der Waals surface area contributed by atoms with Gasteiger partial charge in [-0.15, -0.1) is 11.3 Å². The summed E-state index contributed by atoms with van der Waals surface area (Å²) in [5, 5.41) is 10.2. The lowest BCUT2D eigenvalue weighted by molar-refractivity contribution is 0.591. The molecule has 0 saturated carbocycles. The monoisotopic (exact) mass is 382 g/mol. The number of hydrogen-bond acceptors (Lipinski definition) is 3. The maximum Gasteiger partial charge on any atom is 0.124 e. The molecule has 4 aromatic rings. The number of fused-ring (bicyclic) bond motifs is 1. The summed E-state index contributed by atoms with van der Waals surface area (Å²) in [7, 11) is 0. The van der Waals surface area contributed by atoms with Crippen molar-refractivity contribution in [2.45, 2.75) is 33.1 Å². The van der Waals surface area contributed by atoms with E-state index in [4.69, 9.17) is 10.2 Å². The van der Waals surface area contributed by atoms with Gasteiger partial charge in [0.2, 0.25) is 0 Å². The Morgan fingerprint density at radius 3 is 2.29 bits per heavy atom.